The van der Waals surface area contributed by atoms with Crippen molar-refractivity contribution >= 4 is 40.8 Å². The molecule has 0 radical (unpaired) electrons. The zero-order valence-electron chi connectivity index (χ0n) is 18.1. The van der Waals surface area contributed by atoms with Crippen molar-refractivity contribution in [2.45, 2.75) is 49.1 Å². The van der Waals surface area contributed by atoms with Crippen LogP contribution in [0.4, 0.5) is 23.1 Å². The third kappa shape index (κ3) is 5.21. The van der Waals surface area contributed by atoms with Gasteiger partial charge in [-0.15, -0.1) is 0 Å². The fourth-order valence-electron chi connectivity index (χ4n) is 3.72. The van der Waals surface area contributed by atoms with E-state index in [1.165, 1.54) is 31.0 Å². The third-order valence-electron chi connectivity index (χ3n) is 5.61. The summed E-state index contributed by atoms with van der Waals surface area (Å²) in [5, 5.41) is 14.2. The standard InChI is InChI=1S/C23H27N7OS/c1-15-13-20(29-28-15)25-19-14-21(30-11-3-2-4-12-30)27-23(26-19)32-18-9-7-17(8-10-18)24-22(31)16-5-6-16/h7-10,13-14,16H,2-6,11-12H2,1H3,(H,24,31)(H2,25,26,27,28,29). The number of nitrogens with one attached hydrogen (secondary N) is 3. The van der Waals surface area contributed by atoms with E-state index in [1.54, 1.807) is 0 Å². The van der Waals surface area contributed by atoms with Gasteiger partial charge in [0.15, 0.2) is 11.0 Å². The van der Waals surface area contributed by atoms with Crippen molar-refractivity contribution in [1.29, 1.82) is 0 Å². The molecule has 1 amide bonds. The number of rotatable bonds is 7. The van der Waals surface area contributed by atoms with Gasteiger partial charge in [0.2, 0.25) is 5.91 Å². The molecular formula is C23H27N7OS. The number of amides is 1. The Balaban J connectivity index is 1.35. The largest absolute Gasteiger partial charge is 0.356 e. The van der Waals surface area contributed by atoms with Crippen LogP contribution in [-0.4, -0.2) is 39.2 Å². The summed E-state index contributed by atoms with van der Waals surface area (Å²) in [4.78, 5) is 24.9. The number of hydrogen-bond acceptors (Lipinski definition) is 7. The number of benzene rings is 1. The molecule has 2 fully saturated rings. The summed E-state index contributed by atoms with van der Waals surface area (Å²) < 4.78 is 0. The lowest BCUT2D eigenvalue weighted by Gasteiger charge is -2.28. The van der Waals surface area contributed by atoms with E-state index in [1.807, 2.05) is 43.3 Å². The molecule has 0 bridgehead atoms. The fourth-order valence-corrected chi connectivity index (χ4v) is 4.49. The van der Waals surface area contributed by atoms with Crippen LogP contribution in [0.1, 0.15) is 37.8 Å². The van der Waals surface area contributed by atoms with Gasteiger partial charge in [-0.25, -0.2) is 9.97 Å². The smallest absolute Gasteiger partial charge is 0.227 e. The summed E-state index contributed by atoms with van der Waals surface area (Å²) >= 11 is 1.51. The minimum absolute atomic E-state index is 0.118. The fraction of sp³-hybridized carbons (Fsp3) is 0.391. The van der Waals surface area contributed by atoms with Gasteiger partial charge in [0, 0.05) is 47.4 Å². The number of nitrogens with zero attached hydrogens (tertiary/aromatic N) is 4. The van der Waals surface area contributed by atoms with Gasteiger partial charge in [0.25, 0.3) is 0 Å². The van der Waals surface area contributed by atoms with E-state index in [0.717, 1.165) is 59.7 Å². The highest BCUT2D eigenvalue weighted by molar-refractivity contribution is 7.99. The summed E-state index contributed by atoms with van der Waals surface area (Å²) in [5.41, 5.74) is 1.81. The molecule has 9 heteroatoms. The number of aromatic amines is 1. The molecule has 5 rings (SSSR count). The van der Waals surface area contributed by atoms with E-state index in [2.05, 4.69) is 25.7 Å². The maximum Gasteiger partial charge on any atom is 0.227 e. The van der Waals surface area contributed by atoms with Crippen LogP contribution in [0.25, 0.3) is 0 Å². The van der Waals surface area contributed by atoms with Crippen molar-refractivity contribution in [3.8, 4) is 0 Å². The molecule has 1 saturated carbocycles. The van der Waals surface area contributed by atoms with Crippen molar-refractivity contribution in [3.63, 3.8) is 0 Å². The molecule has 2 aliphatic rings. The van der Waals surface area contributed by atoms with Crippen LogP contribution in [0.5, 0.6) is 0 Å². The van der Waals surface area contributed by atoms with Crippen molar-refractivity contribution in [1.82, 2.24) is 20.2 Å². The zero-order valence-corrected chi connectivity index (χ0v) is 18.9. The van der Waals surface area contributed by atoms with Crippen LogP contribution in [-0.2, 0) is 4.79 Å². The van der Waals surface area contributed by atoms with Crippen molar-refractivity contribution in [2.75, 3.05) is 28.6 Å². The number of H-pyrrole nitrogens is 1. The monoisotopic (exact) mass is 449 g/mol. The minimum Gasteiger partial charge on any atom is -0.356 e. The number of aryl methyl sites for hydroxylation is 1. The zero-order chi connectivity index (χ0) is 21.9. The number of carbonyl (C=O) groups is 1. The predicted molar refractivity (Wildman–Crippen MR) is 127 cm³/mol. The average molecular weight is 450 g/mol. The lowest BCUT2D eigenvalue weighted by Crippen LogP contribution is -2.30. The van der Waals surface area contributed by atoms with Gasteiger partial charge in [-0.05, 0) is 75.1 Å². The SMILES string of the molecule is Cc1cc(Nc2cc(N3CCCCC3)nc(Sc3ccc(NC(=O)C4CC4)cc3)n2)n[nH]1. The Hall–Kier alpha value is -3.07. The molecule has 0 atom stereocenters. The van der Waals surface area contributed by atoms with Gasteiger partial charge in [0.1, 0.15) is 11.6 Å². The minimum atomic E-state index is 0.118. The Kier molecular flexibility index (Phi) is 5.98. The van der Waals surface area contributed by atoms with Crippen molar-refractivity contribution in [2.24, 2.45) is 5.92 Å². The second-order valence-corrected chi connectivity index (χ2v) is 9.43. The van der Waals surface area contributed by atoms with Crippen LogP contribution >= 0.6 is 11.8 Å². The highest BCUT2D eigenvalue weighted by Crippen LogP contribution is 2.32. The maximum atomic E-state index is 12.0. The number of piperidine rings is 1. The number of hydrogen-bond donors (Lipinski definition) is 3. The predicted octanol–water partition coefficient (Wildman–Crippen LogP) is 4.74. The van der Waals surface area contributed by atoms with E-state index in [9.17, 15) is 4.79 Å². The van der Waals surface area contributed by atoms with E-state index in [-0.39, 0.29) is 11.8 Å². The molecule has 2 aromatic heterocycles. The van der Waals surface area contributed by atoms with Gasteiger partial charge in [0.05, 0.1) is 0 Å². The molecule has 3 N–H and O–H groups in total. The second kappa shape index (κ2) is 9.20. The average Bonchev–Trinajstić information content (AvgIpc) is 3.58. The maximum absolute atomic E-state index is 12.0. The lowest BCUT2D eigenvalue weighted by molar-refractivity contribution is -0.117. The highest BCUT2D eigenvalue weighted by Gasteiger charge is 2.29. The van der Waals surface area contributed by atoms with E-state index < -0.39 is 0 Å². The summed E-state index contributed by atoms with van der Waals surface area (Å²) in [5.74, 6) is 2.71. The normalized spacial score (nSPS) is 16.1. The number of anilines is 4. The summed E-state index contributed by atoms with van der Waals surface area (Å²) in [6.07, 6.45) is 5.63. The molecule has 0 unspecified atom stereocenters. The molecule has 1 aliphatic heterocycles. The van der Waals surface area contributed by atoms with Crippen LogP contribution in [0, 0.1) is 12.8 Å². The van der Waals surface area contributed by atoms with Crippen LogP contribution in [0.15, 0.2) is 46.5 Å². The molecule has 0 spiro atoms. The Morgan fingerprint density at radius 2 is 1.84 bits per heavy atom. The third-order valence-corrected chi connectivity index (χ3v) is 6.49. The highest BCUT2D eigenvalue weighted by atomic mass is 32.2. The molecule has 3 aromatic rings. The van der Waals surface area contributed by atoms with Crippen molar-refractivity contribution < 1.29 is 4.79 Å². The first-order valence-electron chi connectivity index (χ1n) is 11.1. The number of carbonyl (C=O) groups excluding carboxylic acids is 1. The van der Waals surface area contributed by atoms with Crippen LogP contribution in [0.2, 0.25) is 0 Å². The quantitative estimate of drug-likeness (QED) is 0.448. The number of aromatic nitrogens is 4. The molecule has 3 heterocycles. The van der Waals surface area contributed by atoms with Gasteiger partial charge in [-0.2, -0.15) is 5.10 Å². The van der Waals surface area contributed by atoms with Crippen LogP contribution in [0.3, 0.4) is 0 Å². The Morgan fingerprint density at radius 3 is 2.53 bits per heavy atom. The molecule has 1 aromatic carbocycles. The molecule has 166 valence electrons. The molecular weight excluding hydrogens is 422 g/mol. The van der Waals surface area contributed by atoms with Gasteiger partial charge < -0.3 is 15.5 Å². The van der Waals surface area contributed by atoms with E-state index in [4.69, 9.17) is 9.97 Å². The Labute approximate surface area is 191 Å². The molecule has 32 heavy (non-hydrogen) atoms. The topological polar surface area (TPSA) is 98.8 Å². The van der Waals surface area contributed by atoms with E-state index >= 15 is 0 Å². The molecule has 1 saturated heterocycles. The van der Waals surface area contributed by atoms with Crippen molar-refractivity contribution in [3.05, 3.63) is 42.1 Å². The van der Waals surface area contributed by atoms with Gasteiger partial charge >= 0.3 is 0 Å². The van der Waals surface area contributed by atoms with Crippen LogP contribution < -0.4 is 15.5 Å². The summed E-state index contributed by atoms with van der Waals surface area (Å²) in [6.45, 7) is 3.99. The second-order valence-electron chi connectivity index (χ2n) is 8.39. The summed E-state index contributed by atoms with van der Waals surface area (Å²) in [6, 6.07) is 11.8. The lowest BCUT2D eigenvalue weighted by atomic mass is 10.1. The van der Waals surface area contributed by atoms with Gasteiger partial charge in [-0.1, -0.05) is 0 Å². The Bertz CT molecular complexity index is 1090. The van der Waals surface area contributed by atoms with Gasteiger partial charge in [-0.3, -0.25) is 9.89 Å². The van der Waals surface area contributed by atoms with E-state index in [0.29, 0.717) is 5.16 Å². The molecule has 8 nitrogen and oxygen atoms in total. The Morgan fingerprint density at radius 1 is 1.06 bits per heavy atom. The summed E-state index contributed by atoms with van der Waals surface area (Å²) in [7, 11) is 0. The first-order valence-corrected chi connectivity index (χ1v) is 12.0. The first kappa shape index (κ1) is 20.8. The first-order chi connectivity index (χ1) is 15.6. The molecule has 1 aliphatic carbocycles.